The number of nitrogens with zero attached hydrogens (tertiary/aromatic N) is 2. The molecule has 2 atom stereocenters. The van der Waals surface area contributed by atoms with Crippen LogP contribution in [-0.2, 0) is 0 Å². The average molecular weight is 209 g/mol. The minimum atomic E-state index is 0.440. The van der Waals surface area contributed by atoms with Crippen molar-refractivity contribution in [1.29, 1.82) is 0 Å². The van der Waals surface area contributed by atoms with Crippen molar-refractivity contribution in [3.05, 3.63) is 0 Å². The summed E-state index contributed by atoms with van der Waals surface area (Å²) in [5.41, 5.74) is 6.47. The van der Waals surface area contributed by atoms with E-state index in [1.165, 1.54) is 58.4 Å². The van der Waals surface area contributed by atoms with Gasteiger partial charge in [0.2, 0.25) is 0 Å². The van der Waals surface area contributed by atoms with E-state index in [2.05, 4.69) is 9.80 Å². The second-order valence-corrected chi connectivity index (χ2v) is 5.53. The highest BCUT2D eigenvalue weighted by Crippen LogP contribution is 2.31. The third kappa shape index (κ3) is 1.81. The van der Waals surface area contributed by atoms with Gasteiger partial charge in [-0.1, -0.05) is 12.8 Å². The van der Waals surface area contributed by atoms with Crippen molar-refractivity contribution in [2.24, 2.45) is 11.7 Å². The summed E-state index contributed by atoms with van der Waals surface area (Å²) in [5.74, 6) is 0.815. The van der Waals surface area contributed by atoms with Crippen molar-refractivity contribution < 1.29 is 0 Å². The van der Waals surface area contributed by atoms with Crippen molar-refractivity contribution in [2.45, 2.75) is 37.8 Å². The van der Waals surface area contributed by atoms with E-state index in [-0.39, 0.29) is 0 Å². The number of fused-ring (bicyclic) bond motifs is 3. The maximum absolute atomic E-state index is 6.47. The molecule has 4 aliphatic rings. The SMILES string of the molecule is NC(C1CCCC1)C1CN2CCN1CC2. The molecule has 0 radical (unpaired) electrons. The molecule has 2 N–H and O–H groups in total. The molecule has 4 rings (SSSR count). The Morgan fingerprint density at radius 2 is 1.67 bits per heavy atom. The standard InChI is InChI=1S/C12H23N3/c13-12(10-3-1-2-4-10)11-9-14-5-7-15(11)8-6-14/h10-12H,1-9,13H2. The quantitative estimate of drug-likeness (QED) is 0.719. The van der Waals surface area contributed by atoms with Gasteiger partial charge < -0.3 is 5.73 Å². The molecule has 1 saturated carbocycles. The third-order valence-corrected chi connectivity index (χ3v) is 4.71. The van der Waals surface area contributed by atoms with Crippen LogP contribution in [0.25, 0.3) is 0 Å². The van der Waals surface area contributed by atoms with Gasteiger partial charge in [-0.05, 0) is 18.8 Å². The van der Waals surface area contributed by atoms with E-state index in [1.54, 1.807) is 0 Å². The van der Waals surface area contributed by atoms with Crippen molar-refractivity contribution in [1.82, 2.24) is 9.80 Å². The smallest absolute Gasteiger partial charge is 0.0378 e. The van der Waals surface area contributed by atoms with Crippen LogP contribution in [0.2, 0.25) is 0 Å². The lowest BCUT2D eigenvalue weighted by molar-refractivity contribution is -0.00571. The first kappa shape index (κ1) is 10.1. The molecule has 1 aliphatic carbocycles. The fraction of sp³-hybridized carbons (Fsp3) is 1.00. The van der Waals surface area contributed by atoms with E-state index in [9.17, 15) is 0 Å². The molecule has 2 unspecified atom stereocenters. The van der Waals surface area contributed by atoms with Gasteiger partial charge in [0.05, 0.1) is 0 Å². The average Bonchev–Trinajstić information content (AvgIpc) is 2.83. The Bertz CT molecular complexity index is 217. The maximum Gasteiger partial charge on any atom is 0.0378 e. The predicted molar refractivity (Wildman–Crippen MR) is 61.7 cm³/mol. The van der Waals surface area contributed by atoms with Crippen LogP contribution >= 0.6 is 0 Å². The van der Waals surface area contributed by atoms with E-state index in [0.717, 1.165) is 5.92 Å². The number of piperazine rings is 3. The second-order valence-electron chi connectivity index (χ2n) is 5.53. The Labute approximate surface area is 92.6 Å². The van der Waals surface area contributed by atoms with Crippen LogP contribution in [0.4, 0.5) is 0 Å². The lowest BCUT2D eigenvalue weighted by atomic mass is 9.89. The summed E-state index contributed by atoms with van der Waals surface area (Å²) in [4.78, 5) is 5.24. The van der Waals surface area contributed by atoms with Gasteiger partial charge in [-0.2, -0.15) is 0 Å². The first-order valence-corrected chi connectivity index (χ1v) is 6.56. The normalized spacial score (nSPS) is 43.4. The van der Waals surface area contributed by atoms with E-state index in [0.29, 0.717) is 12.1 Å². The Morgan fingerprint density at radius 3 is 2.20 bits per heavy atom. The first-order chi connectivity index (χ1) is 7.34. The van der Waals surface area contributed by atoms with Crippen LogP contribution < -0.4 is 5.73 Å². The van der Waals surface area contributed by atoms with E-state index in [1.807, 2.05) is 0 Å². The summed E-state index contributed by atoms with van der Waals surface area (Å²) < 4.78 is 0. The highest BCUT2D eigenvalue weighted by Gasteiger charge is 2.38. The Kier molecular flexibility index (Phi) is 2.71. The third-order valence-electron chi connectivity index (χ3n) is 4.71. The van der Waals surface area contributed by atoms with Gasteiger partial charge in [0.25, 0.3) is 0 Å². The Morgan fingerprint density at radius 1 is 1.00 bits per heavy atom. The van der Waals surface area contributed by atoms with Gasteiger partial charge in [-0.3, -0.25) is 9.80 Å². The minimum absolute atomic E-state index is 0.440. The topological polar surface area (TPSA) is 32.5 Å². The van der Waals surface area contributed by atoms with Gasteiger partial charge in [0, 0.05) is 44.8 Å². The number of hydrogen-bond donors (Lipinski definition) is 1. The molecule has 3 heterocycles. The van der Waals surface area contributed by atoms with Crippen LogP contribution in [0, 0.1) is 5.92 Å². The fourth-order valence-electron chi connectivity index (χ4n) is 3.68. The molecule has 0 aromatic heterocycles. The van der Waals surface area contributed by atoms with Crippen molar-refractivity contribution in [3.8, 4) is 0 Å². The van der Waals surface area contributed by atoms with E-state index < -0.39 is 0 Å². The summed E-state index contributed by atoms with van der Waals surface area (Å²) >= 11 is 0. The van der Waals surface area contributed by atoms with Gasteiger partial charge in [-0.15, -0.1) is 0 Å². The first-order valence-electron chi connectivity index (χ1n) is 6.56. The molecular formula is C12H23N3. The molecule has 0 spiro atoms. The van der Waals surface area contributed by atoms with Gasteiger partial charge >= 0.3 is 0 Å². The second kappa shape index (κ2) is 4.04. The lowest BCUT2D eigenvalue weighted by Crippen LogP contribution is -2.66. The van der Waals surface area contributed by atoms with Crippen molar-refractivity contribution in [3.63, 3.8) is 0 Å². The summed E-state index contributed by atoms with van der Waals surface area (Å²) in [7, 11) is 0. The van der Waals surface area contributed by atoms with Gasteiger partial charge in [0.15, 0.2) is 0 Å². The summed E-state index contributed by atoms with van der Waals surface area (Å²) in [6.07, 6.45) is 5.58. The Balaban J connectivity index is 1.65. The molecule has 3 heteroatoms. The molecule has 4 fully saturated rings. The van der Waals surface area contributed by atoms with E-state index in [4.69, 9.17) is 5.73 Å². The Hall–Kier alpha value is -0.120. The molecule has 0 aromatic rings. The zero-order chi connectivity index (χ0) is 10.3. The predicted octanol–water partition coefficient (Wildman–Crippen LogP) is 0.504. The molecule has 3 aliphatic heterocycles. The van der Waals surface area contributed by atoms with Gasteiger partial charge in [0.1, 0.15) is 0 Å². The highest BCUT2D eigenvalue weighted by molar-refractivity contribution is 4.96. The number of rotatable bonds is 2. The summed E-state index contributed by atoms with van der Waals surface area (Å²) in [5, 5.41) is 0. The summed E-state index contributed by atoms with van der Waals surface area (Å²) in [6.45, 7) is 6.29. The zero-order valence-corrected chi connectivity index (χ0v) is 9.57. The largest absolute Gasteiger partial charge is 0.326 e. The van der Waals surface area contributed by atoms with Crippen molar-refractivity contribution >= 4 is 0 Å². The minimum Gasteiger partial charge on any atom is -0.326 e. The van der Waals surface area contributed by atoms with Crippen LogP contribution in [-0.4, -0.2) is 54.6 Å². The lowest BCUT2D eigenvalue weighted by Gasteiger charge is -2.50. The molecule has 3 saturated heterocycles. The number of nitrogens with two attached hydrogens (primary N) is 1. The van der Waals surface area contributed by atoms with Gasteiger partial charge in [-0.25, -0.2) is 0 Å². The molecular weight excluding hydrogens is 186 g/mol. The van der Waals surface area contributed by atoms with Crippen LogP contribution in [0.3, 0.4) is 0 Å². The monoisotopic (exact) mass is 209 g/mol. The van der Waals surface area contributed by atoms with Crippen molar-refractivity contribution in [2.75, 3.05) is 32.7 Å². The molecule has 0 aromatic carbocycles. The van der Waals surface area contributed by atoms with Crippen LogP contribution in [0.15, 0.2) is 0 Å². The fourth-order valence-corrected chi connectivity index (χ4v) is 3.68. The molecule has 0 amide bonds. The molecule has 3 nitrogen and oxygen atoms in total. The number of hydrogen-bond acceptors (Lipinski definition) is 3. The van der Waals surface area contributed by atoms with Crippen LogP contribution in [0.5, 0.6) is 0 Å². The van der Waals surface area contributed by atoms with Crippen LogP contribution in [0.1, 0.15) is 25.7 Å². The molecule has 86 valence electrons. The maximum atomic E-state index is 6.47. The highest BCUT2D eigenvalue weighted by atomic mass is 15.3. The zero-order valence-electron chi connectivity index (χ0n) is 9.57. The van der Waals surface area contributed by atoms with E-state index >= 15 is 0 Å². The molecule has 2 bridgehead atoms. The summed E-state index contributed by atoms with van der Waals surface area (Å²) in [6, 6.07) is 1.10. The molecule has 15 heavy (non-hydrogen) atoms.